The number of primary sulfonamides is 1. The molecular formula is C16H15N3O2S2. The van der Waals surface area contributed by atoms with Gasteiger partial charge in [-0.05, 0) is 36.8 Å². The van der Waals surface area contributed by atoms with Crippen LogP contribution >= 0.6 is 11.3 Å². The molecule has 0 aliphatic rings. The van der Waals surface area contributed by atoms with Gasteiger partial charge in [-0.25, -0.2) is 18.5 Å². The number of aryl methyl sites for hydroxylation is 1. The number of nitrogens with one attached hydrogen (secondary N) is 1. The molecule has 1 heterocycles. The second-order valence-corrected chi connectivity index (χ2v) is 7.52. The molecular weight excluding hydrogens is 330 g/mol. The zero-order chi connectivity index (χ0) is 16.4. The summed E-state index contributed by atoms with van der Waals surface area (Å²) in [6.45, 7) is 2.03. The van der Waals surface area contributed by atoms with Crippen molar-refractivity contribution in [3.05, 3.63) is 59.5 Å². The molecule has 118 valence electrons. The van der Waals surface area contributed by atoms with Crippen LogP contribution in [0.25, 0.3) is 11.3 Å². The first kappa shape index (κ1) is 15.7. The van der Waals surface area contributed by atoms with Crippen LogP contribution in [-0.2, 0) is 10.0 Å². The van der Waals surface area contributed by atoms with Gasteiger partial charge in [0.2, 0.25) is 10.0 Å². The van der Waals surface area contributed by atoms with Gasteiger partial charge in [0.15, 0.2) is 5.13 Å². The van der Waals surface area contributed by atoms with Crippen molar-refractivity contribution in [1.82, 2.24) is 4.98 Å². The monoisotopic (exact) mass is 345 g/mol. The van der Waals surface area contributed by atoms with Gasteiger partial charge in [-0.15, -0.1) is 11.3 Å². The van der Waals surface area contributed by atoms with Gasteiger partial charge in [-0.3, -0.25) is 0 Å². The van der Waals surface area contributed by atoms with Crippen LogP contribution < -0.4 is 10.5 Å². The summed E-state index contributed by atoms with van der Waals surface area (Å²) in [4.78, 5) is 4.62. The maximum Gasteiger partial charge on any atom is 0.238 e. The van der Waals surface area contributed by atoms with Gasteiger partial charge in [0.1, 0.15) is 0 Å². The highest BCUT2D eigenvalue weighted by molar-refractivity contribution is 7.89. The van der Waals surface area contributed by atoms with E-state index in [1.807, 2.05) is 36.6 Å². The Hall–Kier alpha value is -2.22. The lowest BCUT2D eigenvalue weighted by molar-refractivity contribution is 0.598. The van der Waals surface area contributed by atoms with E-state index in [0.717, 1.165) is 22.1 Å². The lowest BCUT2D eigenvalue weighted by atomic mass is 10.2. The lowest BCUT2D eigenvalue weighted by Gasteiger charge is -2.03. The summed E-state index contributed by atoms with van der Waals surface area (Å²) in [5, 5.41) is 11.1. The van der Waals surface area contributed by atoms with Gasteiger partial charge in [-0.1, -0.05) is 24.3 Å². The molecule has 0 unspecified atom stereocenters. The first-order valence-corrected chi connectivity index (χ1v) is 9.27. The van der Waals surface area contributed by atoms with E-state index in [1.165, 1.54) is 29.0 Å². The highest BCUT2D eigenvalue weighted by atomic mass is 32.2. The highest BCUT2D eigenvalue weighted by Crippen LogP contribution is 2.27. The topological polar surface area (TPSA) is 85.1 Å². The average Bonchev–Trinajstić information content (AvgIpc) is 2.95. The molecule has 0 bridgehead atoms. The number of nitrogens with two attached hydrogens (primary N) is 1. The second kappa shape index (κ2) is 6.11. The Morgan fingerprint density at radius 3 is 2.52 bits per heavy atom. The summed E-state index contributed by atoms with van der Waals surface area (Å²) in [5.41, 5.74) is 3.78. The molecule has 0 amide bonds. The van der Waals surface area contributed by atoms with Crippen molar-refractivity contribution in [3.8, 4) is 11.3 Å². The Morgan fingerprint density at radius 1 is 1.13 bits per heavy atom. The summed E-state index contributed by atoms with van der Waals surface area (Å²) < 4.78 is 22.5. The van der Waals surface area contributed by atoms with Crippen molar-refractivity contribution in [2.75, 3.05) is 5.32 Å². The van der Waals surface area contributed by atoms with Crippen LogP contribution in [0.15, 0.2) is 58.8 Å². The number of thiazole rings is 1. The van der Waals surface area contributed by atoms with Crippen LogP contribution in [-0.4, -0.2) is 13.4 Å². The average molecular weight is 345 g/mol. The first-order valence-electron chi connectivity index (χ1n) is 6.84. The van der Waals surface area contributed by atoms with Gasteiger partial charge >= 0.3 is 0 Å². The summed E-state index contributed by atoms with van der Waals surface area (Å²) >= 11 is 1.49. The SMILES string of the molecule is Cc1cccc(Nc2nc(-c3ccc(S(N)(=O)=O)cc3)cs2)c1. The van der Waals surface area contributed by atoms with E-state index >= 15 is 0 Å². The Morgan fingerprint density at radius 2 is 1.87 bits per heavy atom. The van der Waals surface area contributed by atoms with Crippen LogP contribution in [0.5, 0.6) is 0 Å². The van der Waals surface area contributed by atoms with Gasteiger partial charge < -0.3 is 5.32 Å². The molecule has 2 aromatic carbocycles. The molecule has 3 N–H and O–H groups in total. The molecule has 0 atom stereocenters. The molecule has 1 aromatic heterocycles. The maximum absolute atomic E-state index is 11.3. The predicted octanol–water partition coefficient (Wildman–Crippen LogP) is 3.51. The van der Waals surface area contributed by atoms with E-state index in [0.29, 0.717) is 0 Å². The van der Waals surface area contributed by atoms with Crippen LogP contribution in [0.4, 0.5) is 10.8 Å². The van der Waals surface area contributed by atoms with Crippen molar-refractivity contribution in [3.63, 3.8) is 0 Å². The summed E-state index contributed by atoms with van der Waals surface area (Å²) in [6.07, 6.45) is 0. The van der Waals surface area contributed by atoms with Crippen LogP contribution in [0.2, 0.25) is 0 Å². The molecule has 3 aromatic rings. The van der Waals surface area contributed by atoms with Gasteiger partial charge in [0.25, 0.3) is 0 Å². The summed E-state index contributed by atoms with van der Waals surface area (Å²) in [6, 6.07) is 14.4. The summed E-state index contributed by atoms with van der Waals surface area (Å²) in [5.74, 6) is 0. The third-order valence-corrected chi connectivity index (χ3v) is 4.94. The number of nitrogens with zero attached hydrogens (tertiary/aromatic N) is 1. The Balaban J connectivity index is 1.81. The smallest absolute Gasteiger partial charge is 0.238 e. The van der Waals surface area contributed by atoms with Crippen molar-refractivity contribution in [2.24, 2.45) is 5.14 Å². The number of aromatic nitrogens is 1. The molecule has 0 fully saturated rings. The number of benzene rings is 2. The third-order valence-electron chi connectivity index (χ3n) is 3.25. The largest absolute Gasteiger partial charge is 0.332 e. The molecule has 0 aliphatic heterocycles. The van der Waals surface area contributed by atoms with Crippen molar-refractivity contribution < 1.29 is 8.42 Å². The number of sulfonamides is 1. The van der Waals surface area contributed by atoms with E-state index in [4.69, 9.17) is 5.14 Å². The maximum atomic E-state index is 11.3. The first-order chi connectivity index (χ1) is 10.9. The molecule has 0 saturated carbocycles. The predicted molar refractivity (Wildman–Crippen MR) is 93.4 cm³/mol. The minimum absolute atomic E-state index is 0.0922. The zero-order valence-electron chi connectivity index (χ0n) is 12.4. The Labute approximate surface area is 138 Å². The second-order valence-electron chi connectivity index (χ2n) is 5.10. The fourth-order valence-corrected chi connectivity index (χ4v) is 3.38. The Kier molecular flexibility index (Phi) is 4.16. The highest BCUT2D eigenvalue weighted by Gasteiger charge is 2.09. The van der Waals surface area contributed by atoms with Crippen LogP contribution in [0.1, 0.15) is 5.56 Å². The standard InChI is InChI=1S/C16H15N3O2S2/c1-11-3-2-4-13(9-11)18-16-19-15(10-22-16)12-5-7-14(8-6-12)23(17,20)21/h2-10H,1H3,(H,18,19)(H2,17,20,21). The number of anilines is 2. The van der Waals surface area contributed by atoms with Gasteiger partial charge in [-0.2, -0.15) is 0 Å². The van der Waals surface area contributed by atoms with E-state index in [9.17, 15) is 8.42 Å². The fraction of sp³-hybridized carbons (Fsp3) is 0.0625. The molecule has 23 heavy (non-hydrogen) atoms. The van der Waals surface area contributed by atoms with E-state index < -0.39 is 10.0 Å². The van der Waals surface area contributed by atoms with Gasteiger partial charge in [0, 0.05) is 16.6 Å². The minimum atomic E-state index is -3.67. The van der Waals surface area contributed by atoms with E-state index in [1.54, 1.807) is 12.1 Å². The zero-order valence-corrected chi connectivity index (χ0v) is 14.0. The Bertz CT molecular complexity index is 932. The van der Waals surface area contributed by atoms with E-state index in [-0.39, 0.29) is 4.90 Å². The third kappa shape index (κ3) is 3.76. The molecule has 0 radical (unpaired) electrons. The molecule has 0 aliphatic carbocycles. The lowest BCUT2D eigenvalue weighted by Crippen LogP contribution is -2.11. The van der Waals surface area contributed by atoms with Crippen molar-refractivity contribution >= 4 is 32.2 Å². The van der Waals surface area contributed by atoms with Crippen molar-refractivity contribution in [2.45, 2.75) is 11.8 Å². The number of hydrogen-bond donors (Lipinski definition) is 2. The molecule has 5 nitrogen and oxygen atoms in total. The number of hydrogen-bond acceptors (Lipinski definition) is 5. The van der Waals surface area contributed by atoms with E-state index in [2.05, 4.69) is 10.3 Å². The van der Waals surface area contributed by atoms with Crippen LogP contribution in [0, 0.1) is 6.92 Å². The summed E-state index contributed by atoms with van der Waals surface area (Å²) in [7, 11) is -3.67. The number of rotatable bonds is 4. The van der Waals surface area contributed by atoms with Crippen molar-refractivity contribution in [1.29, 1.82) is 0 Å². The minimum Gasteiger partial charge on any atom is -0.332 e. The van der Waals surface area contributed by atoms with Gasteiger partial charge in [0.05, 0.1) is 10.6 Å². The normalized spacial score (nSPS) is 11.4. The molecule has 0 spiro atoms. The molecule has 3 rings (SSSR count). The van der Waals surface area contributed by atoms with Crippen LogP contribution in [0.3, 0.4) is 0 Å². The molecule has 0 saturated heterocycles. The quantitative estimate of drug-likeness (QED) is 0.758. The fourth-order valence-electron chi connectivity index (χ4n) is 2.13. The molecule has 7 heteroatoms.